The number of hydrogen-bond acceptors (Lipinski definition) is 6. The molecule has 1 amide bonds. The molecule has 0 bridgehead atoms. The maximum absolute atomic E-state index is 12.3. The number of aromatic nitrogens is 3. The first kappa shape index (κ1) is 16.5. The van der Waals surface area contributed by atoms with Crippen LogP contribution in [0.5, 0.6) is 5.88 Å². The number of nitrogens with zero attached hydrogens (tertiary/aromatic N) is 4. The zero-order valence-electron chi connectivity index (χ0n) is 14.5. The van der Waals surface area contributed by atoms with E-state index in [2.05, 4.69) is 20.5 Å². The number of ether oxygens (including phenoxy) is 1. The predicted molar refractivity (Wildman–Crippen MR) is 87.9 cm³/mol. The van der Waals surface area contributed by atoms with Gasteiger partial charge in [0, 0.05) is 19.2 Å². The van der Waals surface area contributed by atoms with E-state index in [-0.39, 0.29) is 11.9 Å². The third kappa shape index (κ3) is 3.14. The Balaban J connectivity index is 1.73. The minimum Gasteiger partial charge on any atom is -0.481 e. The van der Waals surface area contributed by atoms with Gasteiger partial charge in [0.15, 0.2) is 5.82 Å². The van der Waals surface area contributed by atoms with Gasteiger partial charge in [-0.2, -0.15) is 5.10 Å². The molecule has 0 radical (unpaired) electrons. The number of methoxy groups -OCH3 is 1. The number of hydrogen-bond donors (Lipinski definition) is 1. The van der Waals surface area contributed by atoms with Crippen LogP contribution < -0.4 is 10.1 Å². The summed E-state index contributed by atoms with van der Waals surface area (Å²) in [6.07, 6.45) is 2.03. The Hall–Kier alpha value is -2.35. The van der Waals surface area contributed by atoms with E-state index in [0.717, 1.165) is 36.5 Å². The highest BCUT2D eigenvalue weighted by molar-refractivity contribution is 5.91. The molecular weight excluding hydrogens is 310 g/mol. The lowest BCUT2D eigenvalue weighted by Crippen LogP contribution is -2.33. The first-order valence-electron chi connectivity index (χ1n) is 8.04. The molecule has 1 aliphatic rings. The van der Waals surface area contributed by atoms with E-state index < -0.39 is 0 Å². The molecule has 0 spiro atoms. The second-order valence-corrected chi connectivity index (χ2v) is 6.13. The van der Waals surface area contributed by atoms with E-state index in [1.165, 1.54) is 0 Å². The van der Waals surface area contributed by atoms with Crippen molar-refractivity contribution in [1.82, 2.24) is 19.8 Å². The summed E-state index contributed by atoms with van der Waals surface area (Å²) in [5.74, 6) is 1.77. The Morgan fingerprint density at radius 2 is 2.29 bits per heavy atom. The molecule has 130 valence electrons. The lowest BCUT2D eigenvalue weighted by molar-refractivity contribution is -0.117. The van der Waals surface area contributed by atoms with Crippen LogP contribution in [0, 0.1) is 13.8 Å². The van der Waals surface area contributed by atoms with Crippen molar-refractivity contribution in [3.63, 3.8) is 0 Å². The number of anilines is 1. The summed E-state index contributed by atoms with van der Waals surface area (Å²) < 4.78 is 12.2. The van der Waals surface area contributed by atoms with Crippen LogP contribution in [0.4, 0.5) is 5.82 Å². The van der Waals surface area contributed by atoms with E-state index in [0.29, 0.717) is 18.1 Å². The van der Waals surface area contributed by atoms with Gasteiger partial charge in [0.2, 0.25) is 11.8 Å². The first-order chi connectivity index (χ1) is 11.5. The first-order valence-corrected chi connectivity index (χ1v) is 8.04. The SMILES string of the molecule is COc1c([C@@H]2CCCN2CC(=O)Nc2cc(C)on2)c(C)nn1C. The fraction of sp³-hybridized carbons (Fsp3) is 0.562. The Labute approximate surface area is 140 Å². The summed E-state index contributed by atoms with van der Waals surface area (Å²) in [7, 11) is 3.52. The molecule has 24 heavy (non-hydrogen) atoms. The monoisotopic (exact) mass is 333 g/mol. The highest BCUT2D eigenvalue weighted by atomic mass is 16.5. The van der Waals surface area contributed by atoms with Gasteiger partial charge in [-0.25, -0.2) is 4.68 Å². The molecule has 0 aromatic carbocycles. The summed E-state index contributed by atoms with van der Waals surface area (Å²) in [5, 5.41) is 11.0. The second-order valence-electron chi connectivity index (χ2n) is 6.13. The third-order valence-corrected chi connectivity index (χ3v) is 4.35. The van der Waals surface area contributed by atoms with Crippen LogP contribution in [0.3, 0.4) is 0 Å². The Bertz CT molecular complexity index is 736. The van der Waals surface area contributed by atoms with Crippen LogP contribution in [0.25, 0.3) is 0 Å². The Kier molecular flexibility index (Phi) is 4.57. The molecule has 3 rings (SSSR count). The molecule has 2 aromatic heterocycles. The van der Waals surface area contributed by atoms with Gasteiger partial charge in [0.25, 0.3) is 0 Å². The maximum atomic E-state index is 12.3. The summed E-state index contributed by atoms with van der Waals surface area (Å²) >= 11 is 0. The van der Waals surface area contributed by atoms with Crippen molar-refractivity contribution >= 4 is 11.7 Å². The van der Waals surface area contributed by atoms with Gasteiger partial charge in [0.05, 0.1) is 24.9 Å². The average Bonchev–Trinajstić information content (AvgIpc) is 3.19. The van der Waals surface area contributed by atoms with E-state index >= 15 is 0 Å². The fourth-order valence-electron chi connectivity index (χ4n) is 3.41. The van der Waals surface area contributed by atoms with Crippen molar-refractivity contribution < 1.29 is 14.1 Å². The van der Waals surface area contributed by atoms with Gasteiger partial charge >= 0.3 is 0 Å². The molecule has 0 unspecified atom stereocenters. The molecule has 1 aliphatic heterocycles. The maximum Gasteiger partial charge on any atom is 0.239 e. The molecular formula is C16H23N5O3. The van der Waals surface area contributed by atoms with Crippen molar-refractivity contribution in [2.24, 2.45) is 7.05 Å². The quantitative estimate of drug-likeness (QED) is 0.898. The molecule has 1 atom stereocenters. The highest BCUT2D eigenvalue weighted by Crippen LogP contribution is 2.38. The molecule has 3 heterocycles. The predicted octanol–water partition coefficient (Wildman–Crippen LogP) is 1.81. The van der Waals surface area contributed by atoms with E-state index in [4.69, 9.17) is 9.26 Å². The van der Waals surface area contributed by atoms with Gasteiger partial charge in [-0.15, -0.1) is 0 Å². The van der Waals surface area contributed by atoms with Gasteiger partial charge in [-0.3, -0.25) is 9.69 Å². The number of nitrogens with one attached hydrogen (secondary N) is 1. The van der Waals surface area contributed by atoms with Crippen LogP contribution in [-0.2, 0) is 11.8 Å². The molecule has 8 nitrogen and oxygen atoms in total. The molecule has 1 saturated heterocycles. The average molecular weight is 333 g/mol. The molecule has 0 aliphatic carbocycles. The number of carbonyl (C=O) groups is 1. The smallest absolute Gasteiger partial charge is 0.239 e. The van der Waals surface area contributed by atoms with Crippen molar-refractivity contribution in [2.75, 3.05) is 25.5 Å². The van der Waals surface area contributed by atoms with Crippen molar-refractivity contribution in [1.29, 1.82) is 0 Å². The van der Waals surface area contributed by atoms with E-state index in [1.54, 1.807) is 24.8 Å². The lowest BCUT2D eigenvalue weighted by atomic mass is 10.1. The number of carbonyl (C=O) groups excluding carboxylic acids is 1. The molecule has 2 aromatic rings. The highest BCUT2D eigenvalue weighted by Gasteiger charge is 2.33. The largest absolute Gasteiger partial charge is 0.481 e. The fourth-order valence-corrected chi connectivity index (χ4v) is 3.41. The normalized spacial score (nSPS) is 18.1. The van der Waals surface area contributed by atoms with Gasteiger partial charge < -0.3 is 14.6 Å². The molecule has 1 fully saturated rings. The summed E-state index contributed by atoms with van der Waals surface area (Å²) in [6.45, 7) is 4.94. The molecule has 8 heteroatoms. The lowest BCUT2D eigenvalue weighted by Gasteiger charge is -2.24. The van der Waals surface area contributed by atoms with Crippen molar-refractivity contribution in [3.8, 4) is 5.88 Å². The summed E-state index contributed by atoms with van der Waals surface area (Å²) in [6, 6.07) is 1.84. The number of aryl methyl sites for hydroxylation is 3. The van der Waals surface area contributed by atoms with E-state index in [9.17, 15) is 4.79 Å². The van der Waals surface area contributed by atoms with Gasteiger partial charge in [-0.05, 0) is 33.2 Å². The van der Waals surface area contributed by atoms with Gasteiger partial charge in [0.1, 0.15) is 5.76 Å². The second kappa shape index (κ2) is 6.64. The minimum atomic E-state index is -0.101. The van der Waals surface area contributed by atoms with Crippen LogP contribution in [0.2, 0.25) is 0 Å². The molecule has 1 N–H and O–H groups in total. The van der Waals surface area contributed by atoms with Crippen LogP contribution in [0.1, 0.15) is 35.9 Å². The summed E-state index contributed by atoms with van der Waals surface area (Å²) in [5.41, 5.74) is 2.02. The molecule has 0 saturated carbocycles. The Morgan fingerprint density at radius 1 is 1.50 bits per heavy atom. The zero-order valence-corrected chi connectivity index (χ0v) is 14.5. The van der Waals surface area contributed by atoms with E-state index in [1.807, 2.05) is 14.0 Å². The zero-order chi connectivity index (χ0) is 17.3. The number of rotatable bonds is 5. The van der Waals surface area contributed by atoms with Crippen molar-refractivity contribution in [2.45, 2.75) is 32.7 Å². The topological polar surface area (TPSA) is 85.4 Å². The minimum absolute atomic E-state index is 0.101. The third-order valence-electron chi connectivity index (χ3n) is 4.35. The van der Waals surface area contributed by atoms with Crippen molar-refractivity contribution in [3.05, 3.63) is 23.1 Å². The number of likely N-dealkylation sites (tertiary alicyclic amines) is 1. The number of amides is 1. The standard InChI is InChI=1S/C16H23N5O3/c1-10-8-13(19-24-10)17-14(22)9-21-7-5-6-12(21)15-11(2)18-20(3)16(15)23-4/h8,12H,5-7,9H2,1-4H3,(H,17,19,22)/t12-/m0/s1. The Morgan fingerprint density at radius 3 is 2.96 bits per heavy atom. The van der Waals surface area contributed by atoms with Crippen LogP contribution >= 0.6 is 0 Å². The van der Waals surface area contributed by atoms with Crippen LogP contribution in [0.15, 0.2) is 10.6 Å². The summed E-state index contributed by atoms with van der Waals surface area (Å²) in [4.78, 5) is 14.5. The van der Waals surface area contributed by atoms with Gasteiger partial charge in [-0.1, -0.05) is 5.16 Å². The van der Waals surface area contributed by atoms with Crippen LogP contribution in [-0.4, -0.2) is 45.9 Å².